The highest BCUT2D eigenvalue weighted by molar-refractivity contribution is 6.39. The summed E-state index contributed by atoms with van der Waals surface area (Å²) in [6.07, 6.45) is -3.37. The number of aromatic nitrogens is 1. The van der Waals surface area contributed by atoms with Crippen molar-refractivity contribution in [2.45, 2.75) is 13.1 Å². The van der Waals surface area contributed by atoms with Gasteiger partial charge in [-0.25, -0.2) is 9.18 Å². The maximum Gasteiger partial charge on any atom is 0.490 e. The Morgan fingerprint density at radius 2 is 1.53 bits per heavy atom. The van der Waals surface area contributed by atoms with E-state index in [2.05, 4.69) is 0 Å². The Balaban J connectivity index is 0.000000406. The third-order valence-corrected chi connectivity index (χ3v) is 5.45. The first kappa shape index (κ1) is 25.3. The van der Waals surface area contributed by atoms with E-state index in [1.807, 2.05) is 29.5 Å². The molecule has 34 heavy (non-hydrogen) atoms. The Hall–Kier alpha value is -3.36. The van der Waals surface area contributed by atoms with E-state index in [1.54, 1.807) is 30.5 Å². The van der Waals surface area contributed by atoms with E-state index < -0.39 is 12.1 Å². The summed E-state index contributed by atoms with van der Waals surface area (Å²) in [5.74, 6) is -3.04. The summed E-state index contributed by atoms with van der Waals surface area (Å²) in [4.78, 5) is 21.6. The van der Waals surface area contributed by atoms with Crippen LogP contribution in [0.5, 0.6) is 0 Å². The molecule has 0 aliphatic carbocycles. The van der Waals surface area contributed by atoms with Crippen LogP contribution in [-0.4, -0.2) is 21.7 Å². The molecular weight excluding hydrogens is 497 g/mol. The number of aliphatic carboxylic acids is 1. The highest BCUT2D eigenvalue weighted by atomic mass is 35.5. The Morgan fingerprint density at radius 3 is 2.09 bits per heavy atom. The fourth-order valence-electron chi connectivity index (χ4n) is 3.36. The van der Waals surface area contributed by atoms with Crippen molar-refractivity contribution in [3.63, 3.8) is 0 Å². The zero-order valence-corrected chi connectivity index (χ0v) is 18.8. The molecule has 176 valence electrons. The summed E-state index contributed by atoms with van der Waals surface area (Å²) in [6, 6.07) is 16.9. The van der Waals surface area contributed by atoms with Gasteiger partial charge in [-0.05, 0) is 55.0 Å². The van der Waals surface area contributed by atoms with Crippen molar-refractivity contribution in [3.8, 4) is 22.4 Å². The Labute approximate surface area is 200 Å². The van der Waals surface area contributed by atoms with Gasteiger partial charge in [-0.15, -0.1) is 0 Å². The lowest BCUT2D eigenvalue weighted by molar-refractivity contribution is -0.192. The molecule has 0 saturated heterocycles. The van der Waals surface area contributed by atoms with Gasteiger partial charge in [0.25, 0.3) is 0 Å². The number of halogens is 6. The number of hydrogen-bond acceptors (Lipinski definition) is 2. The van der Waals surface area contributed by atoms with Crippen LogP contribution in [-0.2, 0) is 4.79 Å². The standard InChI is InChI=1S/C22H14Cl2FNO.C2HF3O2/c1-13-12-14(25)8-9-15(13)18-6-3-7-19-22(20(27)10-11-26(18)19)21-16(23)4-2-5-17(21)24;3-2(4,5)1(6)7/h2-12H,1H3;(H,6,7). The van der Waals surface area contributed by atoms with Crippen LogP contribution in [0, 0.1) is 12.7 Å². The average Bonchev–Trinajstić information content (AvgIpc) is 2.74. The number of alkyl halides is 3. The molecule has 0 amide bonds. The third-order valence-electron chi connectivity index (χ3n) is 4.82. The smallest absolute Gasteiger partial charge is 0.475 e. The third kappa shape index (κ3) is 5.24. The van der Waals surface area contributed by atoms with E-state index in [1.165, 1.54) is 18.2 Å². The topological polar surface area (TPSA) is 58.8 Å². The van der Waals surface area contributed by atoms with Crippen LogP contribution >= 0.6 is 23.2 Å². The predicted molar refractivity (Wildman–Crippen MR) is 123 cm³/mol. The number of benzene rings is 2. The quantitative estimate of drug-likeness (QED) is 0.294. The molecule has 2 aromatic carbocycles. The molecule has 1 N–H and O–H groups in total. The molecule has 2 heterocycles. The summed E-state index contributed by atoms with van der Waals surface area (Å²) in [6.45, 7) is 1.85. The monoisotopic (exact) mass is 511 g/mol. The van der Waals surface area contributed by atoms with Gasteiger partial charge in [0.15, 0.2) is 5.43 Å². The van der Waals surface area contributed by atoms with Crippen LogP contribution in [0.25, 0.3) is 27.9 Å². The summed E-state index contributed by atoms with van der Waals surface area (Å²) >= 11 is 12.7. The molecular formula is C24H15Cl2F4NO3. The van der Waals surface area contributed by atoms with Gasteiger partial charge in [-0.1, -0.05) is 35.3 Å². The Kier molecular flexibility index (Phi) is 7.33. The highest BCUT2D eigenvalue weighted by Gasteiger charge is 2.38. The molecule has 0 aliphatic heterocycles. The lowest BCUT2D eigenvalue weighted by Crippen LogP contribution is -2.21. The van der Waals surface area contributed by atoms with E-state index in [0.29, 0.717) is 26.7 Å². The predicted octanol–water partition coefficient (Wildman–Crippen LogP) is 7.02. The minimum Gasteiger partial charge on any atom is -0.475 e. The summed E-state index contributed by atoms with van der Waals surface area (Å²) < 4.78 is 47.2. The van der Waals surface area contributed by atoms with Gasteiger partial charge < -0.3 is 9.51 Å². The zero-order valence-electron chi connectivity index (χ0n) is 17.3. The molecule has 0 saturated carbocycles. The van der Waals surface area contributed by atoms with Crippen LogP contribution in [0.1, 0.15) is 5.56 Å². The van der Waals surface area contributed by atoms with Crippen molar-refractivity contribution < 1.29 is 27.5 Å². The van der Waals surface area contributed by atoms with Gasteiger partial charge in [0.2, 0.25) is 0 Å². The first-order valence-corrected chi connectivity index (χ1v) is 10.3. The molecule has 2 aromatic heterocycles. The molecule has 4 rings (SSSR count). The number of rotatable bonds is 2. The molecule has 0 fully saturated rings. The van der Waals surface area contributed by atoms with Gasteiger partial charge in [-0.3, -0.25) is 4.79 Å². The van der Waals surface area contributed by atoms with E-state index in [0.717, 1.165) is 16.8 Å². The molecule has 0 aliphatic rings. The number of nitrogens with zero attached hydrogens (tertiary/aromatic N) is 1. The first-order chi connectivity index (χ1) is 15.9. The minimum absolute atomic E-state index is 0.169. The van der Waals surface area contributed by atoms with Gasteiger partial charge in [0.05, 0.1) is 26.8 Å². The minimum atomic E-state index is -5.08. The number of hydrogen-bond donors (Lipinski definition) is 1. The summed E-state index contributed by atoms with van der Waals surface area (Å²) in [5, 5.41) is 7.95. The number of aryl methyl sites for hydroxylation is 1. The highest BCUT2D eigenvalue weighted by Crippen LogP contribution is 2.36. The zero-order chi connectivity index (χ0) is 25.2. The van der Waals surface area contributed by atoms with Crippen molar-refractivity contribution in [1.29, 1.82) is 0 Å². The summed E-state index contributed by atoms with van der Waals surface area (Å²) in [5.41, 5.74) is 3.98. The fourth-order valence-corrected chi connectivity index (χ4v) is 3.95. The second kappa shape index (κ2) is 9.87. The number of carboxylic acid groups (broad SMARTS) is 1. The molecule has 0 atom stereocenters. The fraction of sp³-hybridized carbons (Fsp3) is 0.0833. The summed E-state index contributed by atoms with van der Waals surface area (Å²) in [7, 11) is 0. The first-order valence-electron chi connectivity index (χ1n) is 9.57. The van der Waals surface area contributed by atoms with Crippen molar-refractivity contribution in [1.82, 2.24) is 4.40 Å². The van der Waals surface area contributed by atoms with E-state index >= 15 is 0 Å². The maximum atomic E-state index is 13.5. The van der Waals surface area contributed by atoms with Gasteiger partial charge in [-0.2, -0.15) is 13.2 Å². The largest absolute Gasteiger partial charge is 0.490 e. The van der Waals surface area contributed by atoms with Crippen molar-refractivity contribution in [3.05, 3.63) is 98.5 Å². The normalized spacial score (nSPS) is 11.1. The molecule has 4 nitrogen and oxygen atoms in total. The number of carboxylic acids is 1. The molecule has 10 heteroatoms. The van der Waals surface area contributed by atoms with Crippen molar-refractivity contribution in [2.24, 2.45) is 0 Å². The van der Waals surface area contributed by atoms with Crippen LogP contribution in [0.15, 0.2) is 71.7 Å². The second-order valence-electron chi connectivity index (χ2n) is 7.08. The SMILES string of the molecule is Cc1cc(F)ccc1-c1cccc2c(-c3c(Cl)cccc3Cl)c(=O)ccn12.O=C(O)C(F)(F)F. The average molecular weight is 512 g/mol. The van der Waals surface area contributed by atoms with Crippen LogP contribution < -0.4 is 5.43 Å². The Morgan fingerprint density at radius 1 is 0.941 bits per heavy atom. The van der Waals surface area contributed by atoms with Crippen LogP contribution in [0.4, 0.5) is 17.6 Å². The van der Waals surface area contributed by atoms with E-state index in [4.69, 9.17) is 33.1 Å². The lowest BCUT2D eigenvalue weighted by atomic mass is 10.0. The van der Waals surface area contributed by atoms with Crippen molar-refractivity contribution in [2.75, 3.05) is 0 Å². The molecule has 0 bridgehead atoms. The van der Waals surface area contributed by atoms with Crippen molar-refractivity contribution >= 4 is 34.7 Å². The van der Waals surface area contributed by atoms with E-state index in [-0.39, 0.29) is 11.2 Å². The van der Waals surface area contributed by atoms with Gasteiger partial charge in [0.1, 0.15) is 5.82 Å². The number of pyridine rings is 2. The lowest BCUT2D eigenvalue weighted by Gasteiger charge is -2.15. The van der Waals surface area contributed by atoms with Crippen LogP contribution in [0.3, 0.4) is 0 Å². The maximum absolute atomic E-state index is 13.5. The number of fused-ring (bicyclic) bond motifs is 1. The molecule has 0 unspecified atom stereocenters. The number of carbonyl (C=O) groups is 1. The Bertz CT molecular complexity index is 1430. The van der Waals surface area contributed by atoms with Gasteiger partial charge >= 0.3 is 12.1 Å². The van der Waals surface area contributed by atoms with Gasteiger partial charge in [0, 0.05) is 23.4 Å². The molecule has 0 spiro atoms. The van der Waals surface area contributed by atoms with E-state index in [9.17, 15) is 22.4 Å². The molecule has 4 aromatic rings. The molecule has 0 radical (unpaired) electrons. The second-order valence-corrected chi connectivity index (χ2v) is 7.89. The van der Waals surface area contributed by atoms with Crippen LogP contribution in [0.2, 0.25) is 10.0 Å².